The third-order valence-corrected chi connectivity index (χ3v) is 8.91. The van der Waals surface area contributed by atoms with E-state index in [-0.39, 0.29) is 49.0 Å². The smallest absolute Gasteiger partial charge is 0.147 e. The molecule has 0 spiro atoms. The normalized spacial score (nSPS) is 9.79. The van der Waals surface area contributed by atoms with Crippen LogP contribution in [0.1, 0.15) is 90.9 Å². The predicted octanol–water partition coefficient (Wildman–Crippen LogP) is 7.09. The molecule has 0 aromatic heterocycles. The fourth-order valence-electron chi connectivity index (χ4n) is 2.19. The van der Waals surface area contributed by atoms with Gasteiger partial charge in [-0.25, -0.2) is 0 Å². The maximum absolute atomic E-state index is 2.30. The Balaban J connectivity index is -0.00000128. The second-order valence-electron chi connectivity index (χ2n) is 5.29. The molecule has 0 nitrogen and oxygen atoms in total. The summed E-state index contributed by atoms with van der Waals surface area (Å²) in [4.78, 5) is 0. The topological polar surface area (TPSA) is 0 Å². The summed E-state index contributed by atoms with van der Waals surface area (Å²) in [5.74, 6) is 0. The summed E-state index contributed by atoms with van der Waals surface area (Å²) in [6, 6.07) is 0. The molecule has 0 saturated heterocycles. The van der Waals surface area contributed by atoms with Gasteiger partial charge in [-0.05, 0) is 0 Å². The Kier molecular flexibility index (Phi) is 32.8. The Morgan fingerprint density at radius 3 is 1.16 bits per heavy atom. The molecule has 0 rings (SSSR count). The van der Waals surface area contributed by atoms with E-state index in [0.717, 1.165) is 0 Å². The van der Waals surface area contributed by atoms with E-state index < -0.39 is 0 Å². The summed E-state index contributed by atoms with van der Waals surface area (Å²) in [6.07, 6.45) is 17.9. The van der Waals surface area contributed by atoms with Crippen molar-refractivity contribution in [2.24, 2.45) is 0 Å². The van der Waals surface area contributed by atoms with Crippen molar-refractivity contribution in [2.45, 2.75) is 98.9 Å². The van der Waals surface area contributed by atoms with Crippen LogP contribution in [0.4, 0.5) is 0 Å². The van der Waals surface area contributed by atoms with Crippen LogP contribution in [0.15, 0.2) is 0 Å². The van der Waals surface area contributed by atoms with Gasteiger partial charge in [-0.3, -0.25) is 0 Å². The van der Waals surface area contributed by atoms with Crippen molar-refractivity contribution >= 4 is 49.0 Å². The van der Waals surface area contributed by atoms with Gasteiger partial charge >= 0.3 is 123 Å². The summed E-state index contributed by atoms with van der Waals surface area (Å²) in [5, 5.41) is 0. The Hall–Kier alpha value is 1.50. The zero-order valence-electron chi connectivity index (χ0n) is 13.2. The molecule has 0 aromatic rings. The molecule has 0 fully saturated rings. The van der Waals surface area contributed by atoms with Crippen LogP contribution in [-0.4, -0.2) is 24.2 Å². The van der Waals surface area contributed by atoms with E-state index in [1.165, 1.54) is 64.2 Å². The van der Waals surface area contributed by atoms with Gasteiger partial charge in [0.1, 0.15) is 0 Å². The summed E-state index contributed by atoms with van der Waals surface area (Å²) < 4.78 is 3.36. The van der Waals surface area contributed by atoms with Gasteiger partial charge in [0, 0.05) is 0 Å². The van der Waals surface area contributed by atoms with Gasteiger partial charge in [-0.1, -0.05) is 0 Å². The van der Waals surface area contributed by atoms with E-state index in [2.05, 4.69) is 13.8 Å². The number of rotatable bonds is 14. The van der Waals surface area contributed by atoms with Crippen molar-refractivity contribution in [3.8, 4) is 0 Å². The summed E-state index contributed by atoms with van der Waals surface area (Å²) in [5.41, 5.74) is 0. The molecule has 19 heavy (non-hydrogen) atoms. The zero-order chi connectivity index (χ0) is 12.6. The third kappa shape index (κ3) is 24.9. The maximum Gasteiger partial charge on any atom is -0.147 e. The van der Waals surface area contributed by atoms with Crippen LogP contribution in [0.5, 0.6) is 0 Å². The van der Waals surface area contributed by atoms with Crippen molar-refractivity contribution in [3.05, 3.63) is 0 Å². The number of unbranched alkanes of at least 4 members (excludes halogenated alkanes) is 10. The number of hydrogen-bond acceptors (Lipinski definition) is 0. The van der Waals surface area contributed by atoms with Gasteiger partial charge in [0.05, 0.1) is 0 Å². The Morgan fingerprint density at radius 2 is 0.789 bits per heavy atom. The van der Waals surface area contributed by atoms with Crippen LogP contribution < -0.4 is 0 Å². The van der Waals surface area contributed by atoms with Crippen molar-refractivity contribution in [2.75, 3.05) is 0 Å². The minimum absolute atomic E-state index is 0. The third-order valence-electron chi connectivity index (χ3n) is 3.41. The quantitative estimate of drug-likeness (QED) is 0.174. The minimum atomic E-state index is -0.130. The van der Waals surface area contributed by atoms with Gasteiger partial charge in [0.2, 0.25) is 0 Å². The molecule has 0 atom stereocenters. The van der Waals surface area contributed by atoms with Crippen LogP contribution >= 0.6 is 24.8 Å². The molecular weight excluding hydrogens is 470 g/mol. The molecule has 2 radical (unpaired) electrons. The second-order valence-corrected chi connectivity index (χ2v) is 11.1. The van der Waals surface area contributed by atoms with Crippen LogP contribution in [0.25, 0.3) is 0 Å². The Morgan fingerprint density at radius 1 is 0.474 bits per heavy atom. The van der Waals surface area contributed by atoms with Crippen LogP contribution in [0, 0.1) is 0 Å². The van der Waals surface area contributed by atoms with E-state index in [4.69, 9.17) is 0 Å². The largest absolute Gasteiger partial charge is 0.147 e. The Labute approximate surface area is 147 Å². The van der Waals surface area contributed by atoms with Crippen molar-refractivity contribution in [3.63, 3.8) is 0 Å². The molecule has 0 N–H and O–H groups in total. The second kappa shape index (κ2) is 24.5. The molecule has 0 unspecified atom stereocenters. The molecular formula is C16H36Cl2Pb. The molecule has 0 aromatic carbocycles. The first-order valence-corrected chi connectivity index (χ1v) is 13.6. The van der Waals surface area contributed by atoms with E-state index in [9.17, 15) is 0 Å². The summed E-state index contributed by atoms with van der Waals surface area (Å²) >= 11 is -0.130. The fraction of sp³-hybridized carbons (Fsp3) is 1.00. The van der Waals surface area contributed by atoms with Gasteiger partial charge in [0.25, 0.3) is 0 Å². The molecule has 0 aliphatic heterocycles. The molecule has 3 heteroatoms. The van der Waals surface area contributed by atoms with E-state index in [1.807, 2.05) is 0 Å². The number of hydrogen-bond donors (Lipinski definition) is 0. The van der Waals surface area contributed by atoms with E-state index in [1.54, 1.807) is 20.8 Å². The van der Waals surface area contributed by atoms with Crippen LogP contribution in [0.3, 0.4) is 0 Å². The maximum atomic E-state index is 2.30. The first-order chi connectivity index (χ1) is 8.41. The average Bonchev–Trinajstić information content (AvgIpc) is 2.35. The summed E-state index contributed by atoms with van der Waals surface area (Å²) in [7, 11) is 0. The van der Waals surface area contributed by atoms with E-state index >= 15 is 0 Å². The summed E-state index contributed by atoms with van der Waals surface area (Å²) in [6.45, 7) is 4.60. The molecule has 0 aliphatic carbocycles. The molecule has 0 bridgehead atoms. The number of halogens is 2. The van der Waals surface area contributed by atoms with Crippen molar-refractivity contribution in [1.82, 2.24) is 0 Å². The van der Waals surface area contributed by atoms with Crippen LogP contribution in [0.2, 0.25) is 7.96 Å². The monoisotopic (exact) mass is 506 g/mol. The van der Waals surface area contributed by atoms with Gasteiger partial charge in [0.15, 0.2) is 0 Å². The SMILES string of the molecule is CCCCCCC[CH2][Pb][CH2]CCCCCCC.Cl.Cl. The average molecular weight is 507 g/mol. The van der Waals surface area contributed by atoms with Crippen molar-refractivity contribution < 1.29 is 0 Å². The first-order valence-electron chi connectivity index (χ1n) is 8.12. The van der Waals surface area contributed by atoms with Gasteiger partial charge in [-0.15, -0.1) is 24.8 Å². The van der Waals surface area contributed by atoms with Gasteiger partial charge < -0.3 is 0 Å². The van der Waals surface area contributed by atoms with Crippen molar-refractivity contribution in [1.29, 1.82) is 0 Å². The van der Waals surface area contributed by atoms with Crippen LogP contribution in [-0.2, 0) is 0 Å². The molecule has 0 heterocycles. The minimum Gasteiger partial charge on any atom is -0.147 e. The first kappa shape index (κ1) is 25.5. The van der Waals surface area contributed by atoms with E-state index in [0.29, 0.717) is 0 Å². The predicted molar refractivity (Wildman–Crippen MR) is 96.6 cm³/mol. The molecule has 0 aliphatic rings. The molecule has 0 saturated carbocycles. The Bertz CT molecular complexity index is 118. The molecule has 118 valence electrons. The molecule has 0 amide bonds. The zero-order valence-corrected chi connectivity index (χ0v) is 18.7. The van der Waals surface area contributed by atoms with Gasteiger partial charge in [-0.2, -0.15) is 0 Å². The standard InChI is InChI=1S/2C8H17.2ClH.Pb/c2*1-3-5-7-8-6-4-2;;;/h2*1,3-8H2,2H3;2*1H;. The fourth-order valence-corrected chi connectivity index (χ4v) is 7.05.